The van der Waals surface area contributed by atoms with Crippen LogP contribution < -0.4 is 5.32 Å². The van der Waals surface area contributed by atoms with Gasteiger partial charge in [0.05, 0.1) is 11.6 Å². The summed E-state index contributed by atoms with van der Waals surface area (Å²) < 4.78 is 5.07. The summed E-state index contributed by atoms with van der Waals surface area (Å²) in [5, 5.41) is 4.76. The fourth-order valence-corrected chi connectivity index (χ4v) is 2.93. The second kappa shape index (κ2) is 7.22. The molecule has 1 unspecified atom stereocenters. The minimum Gasteiger partial charge on any atom is -0.452 e. The van der Waals surface area contributed by atoms with Crippen molar-refractivity contribution in [2.75, 3.05) is 6.61 Å². The van der Waals surface area contributed by atoms with Gasteiger partial charge in [-0.05, 0) is 44.4 Å². The van der Waals surface area contributed by atoms with Gasteiger partial charge >= 0.3 is 5.97 Å². The van der Waals surface area contributed by atoms with Crippen molar-refractivity contribution in [2.24, 2.45) is 0 Å². The van der Waals surface area contributed by atoms with Crippen LogP contribution in [0, 0.1) is 13.8 Å². The molecule has 1 N–H and O–H groups in total. The van der Waals surface area contributed by atoms with Gasteiger partial charge in [-0.1, -0.05) is 23.3 Å². The summed E-state index contributed by atoms with van der Waals surface area (Å²) >= 11 is 1.57. The molecule has 2 rings (SSSR count). The van der Waals surface area contributed by atoms with Crippen molar-refractivity contribution in [3.05, 3.63) is 57.3 Å². The van der Waals surface area contributed by atoms with Gasteiger partial charge in [-0.2, -0.15) is 0 Å². The maximum absolute atomic E-state index is 12.0. The first-order valence-corrected chi connectivity index (χ1v) is 7.92. The molecule has 0 spiro atoms. The molecule has 0 aliphatic heterocycles. The van der Waals surface area contributed by atoms with E-state index in [1.807, 2.05) is 44.4 Å². The quantitative estimate of drug-likeness (QED) is 0.860. The van der Waals surface area contributed by atoms with Crippen LogP contribution in [0.5, 0.6) is 0 Å². The fraction of sp³-hybridized carbons (Fsp3) is 0.294. The Morgan fingerprint density at radius 3 is 2.50 bits per heavy atom. The molecule has 1 amide bonds. The first-order chi connectivity index (χ1) is 10.5. The lowest BCUT2D eigenvalue weighted by atomic mass is 10.1. The Balaban J connectivity index is 1.86. The number of esters is 1. The first-order valence-electron chi connectivity index (χ1n) is 7.04. The zero-order valence-corrected chi connectivity index (χ0v) is 13.7. The summed E-state index contributed by atoms with van der Waals surface area (Å²) in [4.78, 5) is 24.9. The maximum atomic E-state index is 12.0. The molecule has 2 aromatic rings. The summed E-state index contributed by atoms with van der Waals surface area (Å²) in [5.41, 5.74) is 2.45. The van der Waals surface area contributed by atoms with Gasteiger partial charge in [-0.25, -0.2) is 4.79 Å². The van der Waals surface area contributed by atoms with E-state index in [2.05, 4.69) is 5.32 Å². The highest BCUT2D eigenvalue weighted by Gasteiger charge is 2.14. The van der Waals surface area contributed by atoms with Crippen LogP contribution in [0.2, 0.25) is 0 Å². The number of hydrogen-bond donors (Lipinski definition) is 1. The van der Waals surface area contributed by atoms with E-state index in [9.17, 15) is 9.59 Å². The van der Waals surface area contributed by atoms with Crippen molar-refractivity contribution in [1.82, 2.24) is 5.32 Å². The maximum Gasteiger partial charge on any atom is 0.338 e. The second-order valence-electron chi connectivity index (χ2n) is 5.26. The summed E-state index contributed by atoms with van der Waals surface area (Å²) in [6, 6.07) is 9.28. The Morgan fingerprint density at radius 2 is 1.91 bits per heavy atom. The third kappa shape index (κ3) is 4.43. The topological polar surface area (TPSA) is 55.4 Å². The molecule has 0 bridgehead atoms. The van der Waals surface area contributed by atoms with Crippen molar-refractivity contribution < 1.29 is 14.3 Å². The summed E-state index contributed by atoms with van der Waals surface area (Å²) in [6.07, 6.45) is 0. The molecule has 0 saturated carbocycles. The van der Waals surface area contributed by atoms with E-state index < -0.39 is 5.97 Å². The molecule has 1 aromatic carbocycles. The highest BCUT2D eigenvalue weighted by molar-refractivity contribution is 7.10. The number of hydrogen-bond acceptors (Lipinski definition) is 4. The molecular formula is C17H19NO3S. The van der Waals surface area contributed by atoms with Crippen molar-refractivity contribution in [3.8, 4) is 0 Å². The lowest BCUT2D eigenvalue weighted by Gasteiger charge is -2.12. The third-order valence-corrected chi connectivity index (χ3v) is 4.19. The Kier molecular flexibility index (Phi) is 5.33. The van der Waals surface area contributed by atoms with Gasteiger partial charge in [-0.15, -0.1) is 11.3 Å². The van der Waals surface area contributed by atoms with E-state index >= 15 is 0 Å². The fourth-order valence-electron chi connectivity index (χ4n) is 2.20. The van der Waals surface area contributed by atoms with Crippen LogP contribution in [0.1, 0.15) is 39.3 Å². The number of amides is 1. The molecular weight excluding hydrogens is 298 g/mol. The monoisotopic (exact) mass is 317 g/mol. The van der Waals surface area contributed by atoms with Gasteiger partial charge in [0.25, 0.3) is 5.91 Å². The average molecular weight is 317 g/mol. The summed E-state index contributed by atoms with van der Waals surface area (Å²) in [7, 11) is 0. The van der Waals surface area contributed by atoms with Gasteiger partial charge in [0, 0.05) is 4.88 Å². The van der Waals surface area contributed by atoms with Crippen molar-refractivity contribution >= 4 is 23.2 Å². The highest BCUT2D eigenvalue weighted by Crippen LogP contribution is 2.17. The van der Waals surface area contributed by atoms with Crippen LogP contribution in [0.15, 0.2) is 35.7 Å². The largest absolute Gasteiger partial charge is 0.452 e. The van der Waals surface area contributed by atoms with Crippen LogP contribution in [-0.4, -0.2) is 18.5 Å². The van der Waals surface area contributed by atoms with Crippen molar-refractivity contribution in [3.63, 3.8) is 0 Å². The lowest BCUT2D eigenvalue weighted by Crippen LogP contribution is -2.30. The van der Waals surface area contributed by atoms with E-state index in [0.29, 0.717) is 5.56 Å². The highest BCUT2D eigenvalue weighted by atomic mass is 32.1. The van der Waals surface area contributed by atoms with Crippen molar-refractivity contribution in [1.29, 1.82) is 0 Å². The van der Waals surface area contributed by atoms with Crippen LogP contribution in [0.4, 0.5) is 0 Å². The zero-order chi connectivity index (χ0) is 16.1. The van der Waals surface area contributed by atoms with Gasteiger partial charge < -0.3 is 10.1 Å². The molecule has 0 saturated heterocycles. The van der Waals surface area contributed by atoms with E-state index in [1.54, 1.807) is 23.5 Å². The first kappa shape index (κ1) is 16.2. The second-order valence-corrected chi connectivity index (χ2v) is 6.24. The number of ether oxygens (including phenoxy) is 1. The van der Waals surface area contributed by atoms with Gasteiger partial charge in [0.1, 0.15) is 0 Å². The van der Waals surface area contributed by atoms with E-state index in [4.69, 9.17) is 4.74 Å². The van der Waals surface area contributed by atoms with Crippen LogP contribution in [0.3, 0.4) is 0 Å². The number of carbonyl (C=O) groups is 2. The molecule has 0 radical (unpaired) electrons. The number of rotatable bonds is 5. The molecule has 5 heteroatoms. The molecule has 1 atom stereocenters. The molecule has 116 valence electrons. The number of carbonyl (C=O) groups excluding carboxylic acids is 2. The standard InChI is InChI=1S/C17H19NO3S/c1-11-7-12(2)9-14(8-11)17(20)21-10-16(19)18-13(3)15-5-4-6-22-15/h4-9,13H,10H2,1-3H3,(H,18,19). The van der Waals surface area contributed by atoms with Gasteiger partial charge in [-0.3, -0.25) is 4.79 Å². The molecule has 22 heavy (non-hydrogen) atoms. The SMILES string of the molecule is Cc1cc(C)cc(C(=O)OCC(=O)NC(C)c2cccs2)c1. The zero-order valence-electron chi connectivity index (χ0n) is 12.9. The van der Waals surface area contributed by atoms with Crippen LogP contribution in [-0.2, 0) is 9.53 Å². The molecule has 0 aliphatic rings. The van der Waals surface area contributed by atoms with E-state index in [1.165, 1.54) is 0 Å². The minimum atomic E-state index is -0.481. The van der Waals surface area contributed by atoms with E-state index in [-0.39, 0.29) is 18.6 Å². The molecule has 0 aliphatic carbocycles. The Labute approximate surface area is 134 Å². The average Bonchev–Trinajstić information content (AvgIpc) is 2.98. The van der Waals surface area contributed by atoms with E-state index in [0.717, 1.165) is 16.0 Å². The number of thiophene rings is 1. The summed E-state index contributed by atoms with van der Waals surface area (Å²) in [6.45, 7) is 5.45. The number of nitrogens with one attached hydrogen (secondary N) is 1. The Hall–Kier alpha value is -2.14. The Morgan fingerprint density at radius 1 is 1.23 bits per heavy atom. The normalized spacial score (nSPS) is 11.8. The molecule has 1 aromatic heterocycles. The van der Waals surface area contributed by atoms with Gasteiger partial charge in [0.15, 0.2) is 6.61 Å². The lowest BCUT2D eigenvalue weighted by molar-refractivity contribution is -0.124. The number of benzene rings is 1. The van der Waals surface area contributed by atoms with Crippen LogP contribution in [0.25, 0.3) is 0 Å². The molecule has 1 heterocycles. The molecule has 0 fully saturated rings. The summed E-state index contributed by atoms with van der Waals surface area (Å²) in [5.74, 6) is -0.788. The van der Waals surface area contributed by atoms with Gasteiger partial charge in [0.2, 0.25) is 0 Å². The third-order valence-electron chi connectivity index (χ3n) is 3.14. The van der Waals surface area contributed by atoms with Crippen molar-refractivity contribution in [2.45, 2.75) is 26.8 Å². The number of aryl methyl sites for hydroxylation is 2. The predicted molar refractivity (Wildman–Crippen MR) is 87.1 cm³/mol. The molecule has 4 nitrogen and oxygen atoms in total. The minimum absolute atomic E-state index is 0.0904. The Bertz CT molecular complexity index is 644. The smallest absolute Gasteiger partial charge is 0.338 e. The predicted octanol–water partition coefficient (Wildman–Crippen LogP) is 3.40. The van der Waals surface area contributed by atoms with Crippen LogP contribution >= 0.6 is 11.3 Å².